The van der Waals surface area contributed by atoms with Crippen molar-refractivity contribution in [1.29, 1.82) is 0 Å². The molecule has 0 saturated heterocycles. The molecule has 1 saturated carbocycles. The molecule has 1 aromatic rings. The predicted molar refractivity (Wildman–Crippen MR) is 124 cm³/mol. The zero-order chi connectivity index (χ0) is 24.2. The molecule has 2 unspecified atom stereocenters. The number of nitrogens with zero attached hydrogens (tertiary/aromatic N) is 3. The molecule has 6 nitrogen and oxygen atoms in total. The Kier molecular flexibility index (Phi) is 8.24. The van der Waals surface area contributed by atoms with Gasteiger partial charge in [-0.3, -0.25) is 0 Å². The van der Waals surface area contributed by atoms with E-state index in [2.05, 4.69) is 5.10 Å². The van der Waals surface area contributed by atoms with Gasteiger partial charge in [-0.2, -0.15) is 5.10 Å². The first kappa shape index (κ1) is 25.3. The maximum atomic E-state index is 14.2. The van der Waals surface area contributed by atoms with E-state index in [4.69, 9.17) is 17.3 Å². The van der Waals surface area contributed by atoms with Crippen LogP contribution in [-0.4, -0.2) is 54.0 Å². The fourth-order valence-electron chi connectivity index (χ4n) is 4.14. The second kappa shape index (κ2) is 10.7. The van der Waals surface area contributed by atoms with E-state index in [1.165, 1.54) is 36.3 Å². The van der Waals surface area contributed by atoms with Gasteiger partial charge in [0.05, 0.1) is 18.8 Å². The normalized spacial score (nSPS) is 21.6. The molecular formula is C24H34BF2N3O3. The molecule has 33 heavy (non-hydrogen) atoms. The molecule has 2 radical (unpaired) electrons. The van der Waals surface area contributed by atoms with Gasteiger partial charge in [0.25, 0.3) is 0 Å². The number of allylic oxidation sites excluding steroid dienone is 3. The molecule has 3 rings (SSSR count). The maximum absolute atomic E-state index is 14.2. The average Bonchev–Trinajstić information content (AvgIpc) is 3.02. The van der Waals surface area contributed by atoms with Gasteiger partial charge in [-0.1, -0.05) is 19.3 Å². The van der Waals surface area contributed by atoms with Gasteiger partial charge < -0.3 is 14.4 Å². The fraction of sp³-hybridized carbons (Fsp3) is 0.667. The molecule has 1 heterocycles. The summed E-state index contributed by atoms with van der Waals surface area (Å²) in [6.45, 7) is 6.10. The number of hydrogen-bond acceptors (Lipinski definition) is 4. The van der Waals surface area contributed by atoms with Crippen LogP contribution in [0.15, 0.2) is 24.1 Å². The van der Waals surface area contributed by atoms with Gasteiger partial charge in [-0.15, -0.1) is 0 Å². The first-order valence-corrected chi connectivity index (χ1v) is 11.6. The third-order valence-electron chi connectivity index (χ3n) is 5.90. The molecule has 1 fully saturated rings. The Morgan fingerprint density at radius 2 is 2.00 bits per heavy atom. The van der Waals surface area contributed by atoms with E-state index in [1.54, 1.807) is 32.5 Å². The first-order chi connectivity index (χ1) is 15.5. The molecule has 2 aliphatic rings. The van der Waals surface area contributed by atoms with E-state index < -0.39 is 29.6 Å². The Labute approximate surface area is 196 Å². The summed E-state index contributed by atoms with van der Waals surface area (Å²) in [7, 11) is 7.99. The van der Waals surface area contributed by atoms with E-state index in [9.17, 15) is 13.6 Å². The molecule has 180 valence electrons. The SMILES string of the molecule is [B]c1c(CN(C)C(=O)OC(C)(C)C)nn(CC2CCCCC2)c1OCC1C=C(F)C=CC1F. The lowest BCUT2D eigenvalue weighted by atomic mass is 9.89. The van der Waals surface area contributed by atoms with E-state index in [-0.39, 0.29) is 13.2 Å². The molecular weight excluding hydrogens is 427 g/mol. The van der Waals surface area contributed by atoms with Crippen LogP contribution < -0.4 is 10.2 Å². The minimum Gasteiger partial charge on any atom is -0.477 e. The zero-order valence-corrected chi connectivity index (χ0v) is 20.0. The van der Waals surface area contributed by atoms with Crippen molar-refractivity contribution >= 4 is 19.4 Å². The molecule has 9 heteroatoms. The number of amides is 1. The fourth-order valence-corrected chi connectivity index (χ4v) is 4.14. The van der Waals surface area contributed by atoms with Crippen LogP contribution in [0, 0.1) is 11.8 Å². The van der Waals surface area contributed by atoms with Gasteiger partial charge in [-0.25, -0.2) is 18.3 Å². The predicted octanol–water partition coefficient (Wildman–Crippen LogP) is 4.38. The Balaban J connectivity index is 1.77. The van der Waals surface area contributed by atoms with E-state index in [0.717, 1.165) is 18.9 Å². The quantitative estimate of drug-likeness (QED) is 0.566. The number of hydrogen-bond donors (Lipinski definition) is 0. The third kappa shape index (κ3) is 7.08. The first-order valence-electron chi connectivity index (χ1n) is 11.6. The third-order valence-corrected chi connectivity index (χ3v) is 5.90. The molecule has 0 aromatic carbocycles. The second-order valence-electron chi connectivity index (χ2n) is 10.0. The highest BCUT2D eigenvalue weighted by Crippen LogP contribution is 2.27. The van der Waals surface area contributed by atoms with Crippen molar-refractivity contribution in [1.82, 2.24) is 14.7 Å². The van der Waals surface area contributed by atoms with Crippen molar-refractivity contribution in [2.24, 2.45) is 11.8 Å². The molecule has 2 aliphatic carbocycles. The van der Waals surface area contributed by atoms with Crippen LogP contribution in [0.2, 0.25) is 0 Å². The molecule has 0 spiro atoms. The average molecular weight is 461 g/mol. The number of ether oxygens (including phenoxy) is 2. The number of halogens is 2. The summed E-state index contributed by atoms with van der Waals surface area (Å²) >= 11 is 0. The molecule has 0 bridgehead atoms. The minimum absolute atomic E-state index is 0.0686. The van der Waals surface area contributed by atoms with Crippen LogP contribution in [0.3, 0.4) is 0 Å². The lowest BCUT2D eigenvalue weighted by Crippen LogP contribution is -2.35. The van der Waals surface area contributed by atoms with E-state index in [1.807, 2.05) is 0 Å². The van der Waals surface area contributed by atoms with Crippen molar-refractivity contribution in [2.75, 3.05) is 13.7 Å². The summed E-state index contributed by atoms with van der Waals surface area (Å²) in [6, 6.07) is 0. The van der Waals surface area contributed by atoms with Crippen LogP contribution >= 0.6 is 0 Å². The van der Waals surface area contributed by atoms with Crippen molar-refractivity contribution < 1.29 is 23.0 Å². The van der Waals surface area contributed by atoms with Crippen molar-refractivity contribution in [3.05, 3.63) is 29.7 Å². The monoisotopic (exact) mass is 461 g/mol. The number of alkyl halides is 1. The van der Waals surface area contributed by atoms with E-state index in [0.29, 0.717) is 29.5 Å². The summed E-state index contributed by atoms with van der Waals surface area (Å²) in [5.74, 6) is -0.453. The standard InChI is InChI=1S/C24H34BF2N3O3/c1-24(2,3)33-23(31)29(4)14-20-21(25)22(30(28-20)13-16-8-6-5-7-9-16)32-15-17-12-18(26)10-11-19(17)27/h10-12,16-17,19H,5-9,13-15H2,1-4H3. The van der Waals surface area contributed by atoms with Gasteiger partial charge in [-0.05, 0) is 63.2 Å². The van der Waals surface area contributed by atoms with Crippen LogP contribution in [0.4, 0.5) is 13.6 Å². The maximum Gasteiger partial charge on any atom is 0.410 e. The second-order valence-corrected chi connectivity index (χ2v) is 10.0. The van der Waals surface area contributed by atoms with Crippen molar-refractivity contribution in [3.63, 3.8) is 0 Å². The van der Waals surface area contributed by atoms with Gasteiger partial charge in [0.1, 0.15) is 25.4 Å². The Bertz CT molecular complexity index is 888. The van der Waals surface area contributed by atoms with Crippen LogP contribution in [-0.2, 0) is 17.8 Å². The summed E-state index contributed by atoms with van der Waals surface area (Å²) in [4.78, 5) is 13.8. The van der Waals surface area contributed by atoms with Gasteiger partial charge >= 0.3 is 6.09 Å². The number of aromatic nitrogens is 2. The molecule has 0 N–H and O–H groups in total. The highest BCUT2D eigenvalue weighted by molar-refractivity contribution is 6.35. The number of carbonyl (C=O) groups excluding carboxylic acids is 1. The van der Waals surface area contributed by atoms with Crippen LogP contribution in [0.25, 0.3) is 0 Å². The van der Waals surface area contributed by atoms with Crippen LogP contribution in [0.5, 0.6) is 5.88 Å². The Morgan fingerprint density at radius 3 is 2.67 bits per heavy atom. The van der Waals surface area contributed by atoms with Crippen LogP contribution in [0.1, 0.15) is 58.6 Å². The van der Waals surface area contributed by atoms with Gasteiger partial charge in [0.15, 0.2) is 0 Å². The van der Waals surface area contributed by atoms with Crippen molar-refractivity contribution in [3.8, 4) is 5.88 Å². The summed E-state index contributed by atoms with van der Waals surface area (Å²) in [5.41, 5.74) is 0.162. The molecule has 1 aromatic heterocycles. The highest BCUT2D eigenvalue weighted by atomic mass is 19.1. The van der Waals surface area contributed by atoms with Gasteiger partial charge in [0, 0.05) is 19.5 Å². The van der Waals surface area contributed by atoms with Crippen molar-refractivity contribution in [2.45, 2.75) is 77.7 Å². The summed E-state index contributed by atoms with van der Waals surface area (Å²) in [6.07, 6.45) is 7.49. The lowest BCUT2D eigenvalue weighted by Gasteiger charge is -2.24. The zero-order valence-electron chi connectivity index (χ0n) is 20.0. The smallest absolute Gasteiger partial charge is 0.410 e. The number of carbonyl (C=O) groups is 1. The van der Waals surface area contributed by atoms with E-state index >= 15 is 0 Å². The Morgan fingerprint density at radius 1 is 1.30 bits per heavy atom. The summed E-state index contributed by atoms with van der Waals surface area (Å²) in [5, 5.41) is 4.64. The molecule has 1 amide bonds. The minimum atomic E-state index is -1.33. The lowest BCUT2D eigenvalue weighted by molar-refractivity contribution is 0.0283. The molecule has 0 aliphatic heterocycles. The topological polar surface area (TPSA) is 56.6 Å². The Hall–Kier alpha value is -2.32. The largest absolute Gasteiger partial charge is 0.477 e. The number of rotatable bonds is 7. The summed E-state index contributed by atoms with van der Waals surface area (Å²) < 4.78 is 40.9. The molecule has 2 atom stereocenters. The highest BCUT2D eigenvalue weighted by Gasteiger charge is 2.26. The van der Waals surface area contributed by atoms with Gasteiger partial charge in [0.2, 0.25) is 5.88 Å².